The topological polar surface area (TPSA) is 137 Å². The zero-order valence-electron chi connectivity index (χ0n) is 27.2. The smallest absolute Gasteiger partial charge is 0.227 e. The van der Waals surface area contributed by atoms with E-state index in [0.717, 1.165) is 28.1 Å². The zero-order chi connectivity index (χ0) is 32.8. The van der Waals surface area contributed by atoms with Gasteiger partial charge in [-0.3, -0.25) is 9.59 Å². The quantitative estimate of drug-likeness (QED) is 0.189. The number of hydrogen-bond donors (Lipinski definition) is 2. The van der Waals surface area contributed by atoms with Gasteiger partial charge in [0.25, 0.3) is 0 Å². The van der Waals surface area contributed by atoms with Crippen LogP contribution in [0.5, 0.6) is 0 Å². The molecular weight excluding hydrogens is 590 g/mol. The third-order valence-electron chi connectivity index (χ3n) is 7.77. The average molecular weight is 638 g/mol. The summed E-state index contributed by atoms with van der Waals surface area (Å²) in [5.41, 5.74) is 4.26. The molecule has 1 aliphatic heterocycles. The van der Waals surface area contributed by atoms with E-state index in [4.69, 9.17) is 18.9 Å². The number of para-hydroxylation sites is 1. The molecule has 2 N–H and O–H groups in total. The van der Waals surface area contributed by atoms with Crippen molar-refractivity contribution in [2.24, 2.45) is 0 Å². The molecule has 3 aromatic rings. The Morgan fingerprint density at radius 2 is 1.50 bits per heavy atom. The lowest BCUT2D eigenvalue weighted by Gasteiger charge is -2.30. The first-order valence-electron chi connectivity index (χ1n) is 15.9. The number of unbranched alkanes of at least 4 members (excludes halogenated alkanes) is 1. The maximum Gasteiger partial charge on any atom is 0.227 e. The second kappa shape index (κ2) is 17.9. The van der Waals surface area contributed by atoms with Gasteiger partial charge in [0.2, 0.25) is 11.8 Å². The van der Waals surface area contributed by atoms with Crippen LogP contribution in [-0.4, -0.2) is 98.4 Å². The van der Waals surface area contributed by atoms with Gasteiger partial charge in [0.1, 0.15) is 5.69 Å². The number of carbonyl (C=O) groups excluding carboxylic acids is 2. The minimum atomic E-state index is -0.675. The van der Waals surface area contributed by atoms with Gasteiger partial charge in [-0.1, -0.05) is 47.7 Å². The third kappa shape index (κ3) is 9.43. The summed E-state index contributed by atoms with van der Waals surface area (Å²) in [4.78, 5) is 27.8. The molecule has 0 spiro atoms. The summed E-state index contributed by atoms with van der Waals surface area (Å²) < 4.78 is 22.9. The molecule has 12 nitrogen and oxygen atoms in total. The van der Waals surface area contributed by atoms with Crippen LogP contribution in [0.3, 0.4) is 0 Å². The molecule has 1 aromatic heterocycles. The van der Waals surface area contributed by atoms with Crippen molar-refractivity contribution in [2.75, 3.05) is 71.4 Å². The maximum atomic E-state index is 13.7. The van der Waals surface area contributed by atoms with Crippen molar-refractivity contribution < 1.29 is 33.6 Å². The number of aliphatic hydroxyl groups excluding tert-OH is 1. The monoisotopic (exact) mass is 637 g/mol. The molecule has 0 unspecified atom stereocenters. The van der Waals surface area contributed by atoms with Gasteiger partial charge in [-0.2, -0.15) is 0 Å². The Morgan fingerprint density at radius 1 is 0.870 bits per heavy atom. The van der Waals surface area contributed by atoms with Crippen molar-refractivity contribution in [2.45, 2.75) is 51.6 Å². The van der Waals surface area contributed by atoms with Crippen molar-refractivity contribution in [3.63, 3.8) is 0 Å². The average Bonchev–Trinajstić information content (AvgIpc) is 3.51. The van der Waals surface area contributed by atoms with Crippen LogP contribution in [0.15, 0.2) is 48.5 Å². The van der Waals surface area contributed by atoms with Crippen molar-refractivity contribution >= 4 is 17.5 Å². The predicted molar refractivity (Wildman–Crippen MR) is 174 cm³/mol. The van der Waals surface area contributed by atoms with E-state index < -0.39 is 5.54 Å². The highest BCUT2D eigenvalue weighted by Crippen LogP contribution is 2.42. The van der Waals surface area contributed by atoms with E-state index in [1.807, 2.05) is 67.3 Å². The molecule has 0 radical (unpaired) electrons. The molecule has 0 saturated carbocycles. The lowest BCUT2D eigenvalue weighted by molar-refractivity contribution is -0.122. The number of rotatable bonds is 19. The van der Waals surface area contributed by atoms with Crippen LogP contribution in [0.4, 0.5) is 5.69 Å². The molecule has 4 rings (SSSR count). The van der Waals surface area contributed by atoms with Crippen LogP contribution in [0.2, 0.25) is 0 Å². The summed E-state index contributed by atoms with van der Waals surface area (Å²) in [5.74, 6) is -0.0844. The van der Waals surface area contributed by atoms with E-state index in [2.05, 4.69) is 15.6 Å². The number of ether oxygens (including phenoxy) is 4. The highest BCUT2D eigenvalue weighted by molar-refractivity contribution is 6.00. The maximum absolute atomic E-state index is 13.7. The summed E-state index contributed by atoms with van der Waals surface area (Å²) in [5, 5.41) is 22.0. The SMILES string of the molecule is COCCOCCOCCOCCNC(=O)CCCCC(=O)N1Cc2ccccc2-c2c(nnn2C(C)(C)CO)-c2ccccc21. The van der Waals surface area contributed by atoms with Crippen LogP contribution in [-0.2, 0) is 40.6 Å². The number of hydrogen-bond acceptors (Lipinski definition) is 9. The second-order valence-corrected chi connectivity index (χ2v) is 11.7. The number of nitrogens with one attached hydrogen (secondary N) is 1. The summed E-state index contributed by atoms with van der Waals surface area (Å²) in [6.07, 6.45) is 1.83. The van der Waals surface area contributed by atoms with Crippen LogP contribution in [0.1, 0.15) is 45.1 Å². The van der Waals surface area contributed by atoms with Crippen LogP contribution in [0, 0.1) is 0 Å². The van der Waals surface area contributed by atoms with Gasteiger partial charge in [-0.05, 0) is 38.3 Å². The Hall–Kier alpha value is -3.68. The molecule has 46 heavy (non-hydrogen) atoms. The van der Waals surface area contributed by atoms with E-state index >= 15 is 0 Å². The first kappa shape index (κ1) is 35.2. The summed E-state index contributed by atoms with van der Waals surface area (Å²) in [7, 11) is 1.63. The first-order chi connectivity index (χ1) is 22.4. The molecule has 0 saturated heterocycles. The minimum absolute atomic E-state index is 0.0219. The standard InChI is InChI=1S/C34H47N5O7/c1-34(2,25-40)39-33-27-11-5-4-10-26(27)24-38(29-13-7-6-12-28(29)32(33)36-37-39)31(42)15-9-8-14-30(41)35-16-17-44-20-21-46-23-22-45-19-18-43-3/h4-7,10-13,40H,8-9,14-25H2,1-3H3,(H,35,41). The molecule has 0 atom stereocenters. The largest absolute Gasteiger partial charge is 0.394 e. The molecule has 2 heterocycles. The number of nitrogens with zero attached hydrogens (tertiary/aromatic N) is 4. The van der Waals surface area contributed by atoms with E-state index in [1.54, 1.807) is 11.8 Å². The van der Waals surface area contributed by atoms with Gasteiger partial charge in [0.15, 0.2) is 0 Å². The van der Waals surface area contributed by atoms with Crippen molar-refractivity contribution in [1.29, 1.82) is 0 Å². The number of aliphatic hydroxyl groups is 1. The molecule has 0 bridgehead atoms. The summed E-state index contributed by atoms with van der Waals surface area (Å²) in [6.45, 7) is 7.97. The number of amides is 2. The Balaban J connectivity index is 1.27. The number of benzene rings is 2. The molecule has 0 aliphatic carbocycles. The van der Waals surface area contributed by atoms with Crippen molar-refractivity contribution in [3.8, 4) is 22.5 Å². The predicted octanol–water partition coefficient (Wildman–Crippen LogP) is 3.56. The molecule has 250 valence electrons. The van der Waals surface area contributed by atoms with E-state index in [9.17, 15) is 14.7 Å². The fourth-order valence-corrected chi connectivity index (χ4v) is 5.20. The van der Waals surface area contributed by atoms with E-state index in [1.165, 1.54) is 0 Å². The van der Waals surface area contributed by atoms with E-state index in [0.29, 0.717) is 90.7 Å². The van der Waals surface area contributed by atoms with Crippen LogP contribution >= 0.6 is 0 Å². The lowest BCUT2D eigenvalue weighted by Crippen LogP contribution is -2.34. The molecule has 2 amide bonds. The first-order valence-corrected chi connectivity index (χ1v) is 15.9. The second-order valence-electron chi connectivity index (χ2n) is 11.7. The third-order valence-corrected chi connectivity index (χ3v) is 7.77. The van der Waals surface area contributed by atoms with Gasteiger partial charge in [-0.15, -0.1) is 5.10 Å². The molecule has 12 heteroatoms. The summed E-state index contributed by atoms with van der Waals surface area (Å²) >= 11 is 0. The lowest BCUT2D eigenvalue weighted by atomic mass is 9.94. The molecule has 1 aliphatic rings. The minimum Gasteiger partial charge on any atom is -0.394 e. The Kier molecular flexibility index (Phi) is 13.7. The van der Waals surface area contributed by atoms with Gasteiger partial charge in [0, 0.05) is 37.6 Å². The number of anilines is 1. The van der Waals surface area contributed by atoms with Crippen LogP contribution < -0.4 is 10.2 Å². The fourth-order valence-electron chi connectivity index (χ4n) is 5.20. The molecular formula is C34H47N5O7. The highest BCUT2D eigenvalue weighted by atomic mass is 16.6. The Morgan fingerprint density at radius 3 is 2.22 bits per heavy atom. The van der Waals surface area contributed by atoms with Crippen molar-refractivity contribution in [1.82, 2.24) is 20.3 Å². The van der Waals surface area contributed by atoms with Gasteiger partial charge >= 0.3 is 0 Å². The number of fused-ring (bicyclic) bond motifs is 5. The van der Waals surface area contributed by atoms with Gasteiger partial charge in [-0.25, -0.2) is 4.68 Å². The number of carbonyl (C=O) groups is 2. The molecule has 0 fully saturated rings. The zero-order valence-corrected chi connectivity index (χ0v) is 27.2. The Labute approximate surface area is 271 Å². The van der Waals surface area contributed by atoms with E-state index in [-0.39, 0.29) is 18.4 Å². The molecule has 2 aromatic carbocycles. The number of aromatic nitrogens is 3. The van der Waals surface area contributed by atoms with Gasteiger partial charge in [0.05, 0.1) is 76.3 Å². The van der Waals surface area contributed by atoms with Gasteiger partial charge < -0.3 is 34.3 Å². The van der Waals surface area contributed by atoms with Crippen LogP contribution in [0.25, 0.3) is 22.5 Å². The summed E-state index contributed by atoms with van der Waals surface area (Å²) in [6, 6.07) is 15.7. The highest BCUT2D eigenvalue weighted by Gasteiger charge is 2.32. The van der Waals surface area contributed by atoms with Crippen molar-refractivity contribution in [3.05, 3.63) is 54.1 Å². The Bertz CT molecular complexity index is 1410. The normalized spacial score (nSPS) is 12.6. The fraction of sp³-hybridized carbons (Fsp3) is 0.529. The number of methoxy groups -OCH3 is 1.